The lowest BCUT2D eigenvalue weighted by Gasteiger charge is -2.15. The molecule has 0 aliphatic rings. The molecule has 0 atom stereocenters. The Bertz CT molecular complexity index is 400. The van der Waals surface area contributed by atoms with E-state index in [1.165, 1.54) is 11.0 Å². The summed E-state index contributed by atoms with van der Waals surface area (Å²) in [5, 5.41) is 2.55. The average molecular weight is 271 g/mol. The summed E-state index contributed by atoms with van der Waals surface area (Å²) in [6, 6.07) is 3.40. The fraction of sp³-hybridized carbons (Fsp3) is 0.500. The number of benzene rings is 1. The first-order valence-corrected chi connectivity index (χ1v) is 6.65. The van der Waals surface area contributed by atoms with Gasteiger partial charge >= 0.3 is 0 Å². The van der Waals surface area contributed by atoms with Crippen molar-refractivity contribution in [3.05, 3.63) is 35.4 Å². The average Bonchev–Trinajstić information content (AvgIpc) is 2.38. The van der Waals surface area contributed by atoms with Crippen LogP contribution in [0.5, 0.6) is 0 Å². The molecule has 0 bridgehead atoms. The van der Waals surface area contributed by atoms with E-state index in [1.54, 1.807) is 0 Å². The molecule has 0 aliphatic heterocycles. The van der Waals surface area contributed by atoms with E-state index in [2.05, 4.69) is 19.2 Å². The number of carbonyl (C=O) groups is 1. The molecule has 2 N–H and O–H groups in total. The number of amides is 1. The highest BCUT2D eigenvalue weighted by molar-refractivity contribution is 5.94. The number of nitrogens with one attached hydrogen (secondary N) is 2. The number of rotatable bonds is 7. The molecule has 0 aliphatic carbocycles. The van der Waals surface area contributed by atoms with Crippen LogP contribution in [0.1, 0.15) is 30.6 Å². The summed E-state index contributed by atoms with van der Waals surface area (Å²) in [6.45, 7) is 7.64. The number of hydrogen-bond donors (Lipinski definition) is 2. The van der Waals surface area contributed by atoms with E-state index in [-0.39, 0.29) is 0 Å². The predicted octanol–water partition coefficient (Wildman–Crippen LogP) is 1.01. The summed E-state index contributed by atoms with van der Waals surface area (Å²) in [5.41, 5.74) is -0.502. The maximum absolute atomic E-state index is 13.3. The fourth-order valence-corrected chi connectivity index (χ4v) is 1.95. The monoisotopic (exact) mass is 271 g/mol. The Morgan fingerprint density at radius 3 is 2.32 bits per heavy atom. The second-order valence-electron chi connectivity index (χ2n) is 4.41. The van der Waals surface area contributed by atoms with Crippen molar-refractivity contribution in [3.63, 3.8) is 0 Å². The normalized spacial score (nSPS) is 10.8. The molecule has 1 amide bonds. The lowest BCUT2D eigenvalue weighted by atomic mass is 10.2. The zero-order valence-electron chi connectivity index (χ0n) is 11.4. The third-order valence-corrected chi connectivity index (χ3v) is 3.18. The van der Waals surface area contributed by atoms with Gasteiger partial charge in [-0.25, -0.2) is 8.78 Å². The van der Waals surface area contributed by atoms with Crippen molar-refractivity contribution in [1.29, 1.82) is 0 Å². The van der Waals surface area contributed by atoms with Gasteiger partial charge < -0.3 is 10.2 Å². The molecule has 0 fully saturated rings. The highest BCUT2D eigenvalue weighted by Gasteiger charge is 2.16. The van der Waals surface area contributed by atoms with Gasteiger partial charge in [0.05, 0.1) is 19.6 Å². The van der Waals surface area contributed by atoms with Crippen molar-refractivity contribution in [2.24, 2.45) is 0 Å². The topological polar surface area (TPSA) is 33.5 Å². The van der Waals surface area contributed by atoms with Crippen LogP contribution in [-0.4, -0.2) is 32.1 Å². The number of quaternary nitrogens is 1. The fourth-order valence-electron chi connectivity index (χ4n) is 1.95. The molecule has 0 spiro atoms. The third-order valence-electron chi connectivity index (χ3n) is 3.18. The highest BCUT2D eigenvalue weighted by atomic mass is 19.1. The van der Waals surface area contributed by atoms with Gasteiger partial charge in [-0.3, -0.25) is 4.79 Å². The molecule has 0 aromatic heterocycles. The molecular weight excluding hydrogens is 250 g/mol. The molecule has 0 radical (unpaired) electrons. The minimum atomic E-state index is -0.827. The molecule has 106 valence electrons. The minimum Gasteiger partial charge on any atom is -0.352 e. The van der Waals surface area contributed by atoms with Crippen LogP contribution in [0, 0.1) is 11.6 Å². The van der Waals surface area contributed by atoms with Crippen molar-refractivity contribution < 1.29 is 18.5 Å². The van der Waals surface area contributed by atoms with Gasteiger partial charge in [0, 0.05) is 13.0 Å². The van der Waals surface area contributed by atoms with Crippen LogP contribution in [0.25, 0.3) is 0 Å². The summed E-state index contributed by atoms with van der Waals surface area (Å²) in [4.78, 5) is 13.1. The lowest BCUT2D eigenvalue weighted by molar-refractivity contribution is -0.896. The Morgan fingerprint density at radius 1 is 1.21 bits per heavy atom. The Labute approximate surface area is 112 Å². The summed E-state index contributed by atoms with van der Waals surface area (Å²) >= 11 is 0. The number of hydrogen-bond acceptors (Lipinski definition) is 1. The Hall–Kier alpha value is -1.49. The first kappa shape index (κ1) is 15.6. The first-order chi connectivity index (χ1) is 9.10. The second-order valence-corrected chi connectivity index (χ2v) is 4.41. The van der Waals surface area contributed by atoms with Crippen molar-refractivity contribution in [1.82, 2.24) is 5.32 Å². The molecule has 3 nitrogen and oxygen atoms in total. The Kier molecular flexibility index (Phi) is 6.42. The summed E-state index contributed by atoms with van der Waals surface area (Å²) < 4.78 is 26.7. The smallest absolute Gasteiger partial charge is 0.257 e. The van der Waals surface area contributed by atoms with Gasteiger partial charge in [0.15, 0.2) is 0 Å². The number of carbonyl (C=O) groups excluding carboxylic acids is 1. The van der Waals surface area contributed by atoms with Crippen molar-refractivity contribution in [2.45, 2.75) is 20.3 Å². The van der Waals surface area contributed by atoms with Gasteiger partial charge in [-0.15, -0.1) is 0 Å². The molecular formula is C14H21F2N2O+. The van der Waals surface area contributed by atoms with Gasteiger partial charge in [-0.05, 0) is 26.0 Å². The molecule has 0 unspecified atom stereocenters. The van der Waals surface area contributed by atoms with Crippen molar-refractivity contribution in [2.75, 3.05) is 26.2 Å². The largest absolute Gasteiger partial charge is 0.352 e. The van der Waals surface area contributed by atoms with E-state index in [9.17, 15) is 13.6 Å². The van der Waals surface area contributed by atoms with Crippen molar-refractivity contribution in [3.8, 4) is 0 Å². The Morgan fingerprint density at radius 2 is 1.79 bits per heavy atom. The molecule has 1 rings (SSSR count). The van der Waals surface area contributed by atoms with Crippen LogP contribution in [0.3, 0.4) is 0 Å². The van der Waals surface area contributed by atoms with E-state index in [4.69, 9.17) is 0 Å². The predicted molar refractivity (Wildman–Crippen MR) is 70.2 cm³/mol. The second kappa shape index (κ2) is 7.84. The molecule has 0 saturated carbocycles. The van der Waals surface area contributed by atoms with Gasteiger partial charge in [0.1, 0.15) is 17.2 Å². The van der Waals surface area contributed by atoms with E-state index >= 15 is 0 Å². The third kappa shape index (κ3) is 4.59. The first-order valence-electron chi connectivity index (χ1n) is 6.65. The van der Waals surface area contributed by atoms with Gasteiger partial charge in [-0.2, -0.15) is 0 Å². The molecule has 1 aromatic rings. The maximum Gasteiger partial charge on any atom is 0.257 e. The highest BCUT2D eigenvalue weighted by Crippen LogP contribution is 2.11. The van der Waals surface area contributed by atoms with Crippen LogP contribution in [0.15, 0.2) is 18.2 Å². The molecule has 0 saturated heterocycles. The summed E-state index contributed by atoms with van der Waals surface area (Å²) in [5.74, 6) is -2.34. The molecule has 1 aromatic carbocycles. The van der Waals surface area contributed by atoms with Crippen LogP contribution >= 0.6 is 0 Å². The summed E-state index contributed by atoms with van der Waals surface area (Å²) in [6.07, 6.45) is 0.791. The van der Waals surface area contributed by atoms with Crippen LogP contribution < -0.4 is 10.2 Å². The standard InChI is InChI=1S/C14H20F2N2O/c1-3-18(4-2)10-6-9-17-14(19)13-11(15)7-5-8-12(13)16/h5,7-8H,3-4,6,9-10H2,1-2H3,(H,17,19)/p+1. The molecule has 19 heavy (non-hydrogen) atoms. The van der Waals surface area contributed by atoms with E-state index in [0.717, 1.165) is 38.2 Å². The Balaban J connectivity index is 2.44. The zero-order valence-corrected chi connectivity index (χ0v) is 11.4. The van der Waals surface area contributed by atoms with Crippen LogP contribution in [0.2, 0.25) is 0 Å². The van der Waals surface area contributed by atoms with Gasteiger partial charge in [-0.1, -0.05) is 6.07 Å². The molecule has 0 heterocycles. The lowest BCUT2D eigenvalue weighted by Crippen LogP contribution is -3.11. The van der Waals surface area contributed by atoms with E-state index < -0.39 is 23.1 Å². The summed E-state index contributed by atoms with van der Waals surface area (Å²) in [7, 11) is 0. The maximum atomic E-state index is 13.3. The van der Waals surface area contributed by atoms with E-state index in [0.29, 0.717) is 6.54 Å². The quantitative estimate of drug-likeness (QED) is 0.713. The zero-order chi connectivity index (χ0) is 14.3. The number of halogens is 2. The van der Waals surface area contributed by atoms with Crippen molar-refractivity contribution >= 4 is 5.91 Å². The van der Waals surface area contributed by atoms with Crippen LogP contribution in [-0.2, 0) is 0 Å². The van der Waals surface area contributed by atoms with Crippen LogP contribution in [0.4, 0.5) is 8.78 Å². The van der Waals surface area contributed by atoms with Gasteiger partial charge in [0.2, 0.25) is 0 Å². The molecule has 5 heteroatoms. The van der Waals surface area contributed by atoms with E-state index in [1.807, 2.05) is 0 Å². The SMILES string of the molecule is CC[NH+](CC)CCCNC(=O)c1c(F)cccc1F. The minimum absolute atomic E-state index is 0.427. The van der Waals surface area contributed by atoms with Gasteiger partial charge in [0.25, 0.3) is 5.91 Å².